The minimum absolute atomic E-state index is 0.0236. The van der Waals surface area contributed by atoms with Gasteiger partial charge in [0, 0.05) is 6.42 Å². The molecule has 1 aliphatic carbocycles. The lowest BCUT2D eigenvalue weighted by Gasteiger charge is -2.11. The van der Waals surface area contributed by atoms with E-state index in [1.165, 1.54) is 38.9 Å². The molecule has 7 heteroatoms. The van der Waals surface area contributed by atoms with Crippen LogP contribution in [0.15, 0.2) is 52.9 Å². The van der Waals surface area contributed by atoms with E-state index in [4.69, 9.17) is 13.9 Å². The number of hydrogen-bond donors (Lipinski definition) is 1. The van der Waals surface area contributed by atoms with Crippen molar-refractivity contribution in [3.05, 3.63) is 76.8 Å². The van der Waals surface area contributed by atoms with Crippen LogP contribution in [0.3, 0.4) is 0 Å². The number of aromatic nitrogens is 1. The average molecular weight is 449 g/mol. The molecule has 0 saturated carbocycles. The van der Waals surface area contributed by atoms with Crippen LogP contribution in [0, 0.1) is 5.82 Å². The van der Waals surface area contributed by atoms with Gasteiger partial charge in [-0.25, -0.2) is 9.37 Å². The monoisotopic (exact) mass is 449 g/mol. The van der Waals surface area contributed by atoms with Gasteiger partial charge in [0.05, 0.1) is 26.8 Å². The second-order valence-corrected chi connectivity index (χ2v) is 7.81. The van der Waals surface area contributed by atoms with Crippen molar-refractivity contribution < 1.29 is 28.2 Å². The number of allylic oxidation sites excluding steroid dienone is 3. The van der Waals surface area contributed by atoms with Crippen molar-refractivity contribution in [3.63, 3.8) is 0 Å². The minimum Gasteiger partial charge on any atom is -0.502 e. The van der Waals surface area contributed by atoms with Crippen molar-refractivity contribution in [1.29, 1.82) is 0 Å². The zero-order chi connectivity index (χ0) is 23.5. The Hall–Kier alpha value is -3.87. The van der Waals surface area contributed by atoms with Gasteiger partial charge < -0.3 is 19.0 Å². The highest BCUT2D eigenvalue weighted by Gasteiger charge is 2.25. The maximum Gasteiger partial charge on any atom is 0.200 e. The summed E-state index contributed by atoms with van der Waals surface area (Å²) in [4.78, 5) is 16.3. The molecule has 3 aromatic rings. The molecule has 1 heterocycles. The summed E-state index contributed by atoms with van der Waals surface area (Å²) in [5.74, 6) is 0.724. The maximum absolute atomic E-state index is 14.1. The molecule has 0 fully saturated rings. The Labute approximate surface area is 191 Å². The van der Waals surface area contributed by atoms with Crippen LogP contribution in [0.1, 0.15) is 42.2 Å². The fraction of sp³-hybridized carbons (Fsp3) is 0.231. The third-order valence-electron chi connectivity index (χ3n) is 5.78. The number of phenols is 1. The van der Waals surface area contributed by atoms with Gasteiger partial charge in [-0.05, 0) is 77.1 Å². The standard InChI is InChI=1S/C26H24FNO5/c1-15-20(7-5-18(29)12-19-13-28-14-33-19)23-11-17(27)4-6-21(23)22(15)8-16-9-24(31-2)26(30)25(10-16)32-3/h4,6,8-11,13-14,30H,5,7,12H2,1-3H3. The molecule has 1 aliphatic rings. The third-order valence-corrected chi connectivity index (χ3v) is 5.78. The van der Waals surface area contributed by atoms with Gasteiger partial charge in [-0.2, -0.15) is 0 Å². The summed E-state index contributed by atoms with van der Waals surface area (Å²) in [6.45, 7) is 1.97. The highest BCUT2D eigenvalue weighted by atomic mass is 19.1. The van der Waals surface area contributed by atoms with Crippen molar-refractivity contribution in [3.8, 4) is 17.2 Å². The molecule has 4 rings (SSSR count). The van der Waals surface area contributed by atoms with Gasteiger partial charge in [0.15, 0.2) is 17.9 Å². The second kappa shape index (κ2) is 9.32. The van der Waals surface area contributed by atoms with E-state index in [9.17, 15) is 14.3 Å². The third kappa shape index (κ3) is 4.53. The first-order chi connectivity index (χ1) is 15.9. The van der Waals surface area contributed by atoms with Crippen LogP contribution >= 0.6 is 0 Å². The molecule has 2 aromatic carbocycles. The van der Waals surface area contributed by atoms with Crippen LogP contribution in [0.4, 0.5) is 4.39 Å². The van der Waals surface area contributed by atoms with Gasteiger partial charge in [0.2, 0.25) is 5.75 Å². The van der Waals surface area contributed by atoms with E-state index in [1.807, 2.05) is 13.0 Å². The summed E-state index contributed by atoms with van der Waals surface area (Å²) < 4.78 is 29.8. The van der Waals surface area contributed by atoms with E-state index in [1.54, 1.807) is 18.2 Å². The normalized spacial score (nSPS) is 14.0. The first-order valence-electron chi connectivity index (χ1n) is 10.5. The van der Waals surface area contributed by atoms with Gasteiger partial charge in [-0.1, -0.05) is 6.07 Å². The Morgan fingerprint density at radius 3 is 2.52 bits per heavy atom. The van der Waals surface area contributed by atoms with Crippen molar-refractivity contribution in [2.24, 2.45) is 0 Å². The number of fused-ring (bicyclic) bond motifs is 1. The molecule has 0 spiro atoms. The SMILES string of the molecule is COc1cc(C=C2C(C)=C(CCC(=O)Cc3cnco3)c3cc(F)ccc32)cc(OC)c1O. The predicted octanol–water partition coefficient (Wildman–Crippen LogP) is 5.46. The van der Waals surface area contributed by atoms with Gasteiger partial charge in [-0.15, -0.1) is 0 Å². The number of hydrogen-bond acceptors (Lipinski definition) is 6. The summed E-state index contributed by atoms with van der Waals surface area (Å²) in [7, 11) is 2.94. The number of aromatic hydroxyl groups is 1. The molecule has 1 aromatic heterocycles. The largest absolute Gasteiger partial charge is 0.502 e. The van der Waals surface area contributed by atoms with Gasteiger partial charge in [0.25, 0.3) is 0 Å². The van der Waals surface area contributed by atoms with Crippen molar-refractivity contribution >= 4 is 23.0 Å². The maximum atomic E-state index is 14.1. The molecule has 0 saturated heterocycles. The number of carbonyl (C=O) groups is 1. The number of methoxy groups -OCH3 is 2. The molecular weight excluding hydrogens is 425 g/mol. The predicted molar refractivity (Wildman–Crippen MR) is 123 cm³/mol. The van der Waals surface area contributed by atoms with Crippen LogP contribution in [0.2, 0.25) is 0 Å². The van der Waals surface area contributed by atoms with Crippen LogP contribution < -0.4 is 9.47 Å². The molecule has 33 heavy (non-hydrogen) atoms. The van der Waals surface area contributed by atoms with E-state index in [0.29, 0.717) is 30.1 Å². The molecule has 6 nitrogen and oxygen atoms in total. The topological polar surface area (TPSA) is 81.8 Å². The van der Waals surface area contributed by atoms with E-state index < -0.39 is 0 Å². The number of benzene rings is 2. The molecule has 0 unspecified atom stereocenters. The molecule has 0 bridgehead atoms. The number of ether oxygens (including phenoxy) is 2. The van der Waals surface area contributed by atoms with E-state index in [-0.39, 0.29) is 23.8 Å². The summed E-state index contributed by atoms with van der Waals surface area (Å²) >= 11 is 0. The Morgan fingerprint density at radius 1 is 1.15 bits per heavy atom. The smallest absolute Gasteiger partial charge is 0.200 e. The molecule has 0 amide bonds. The Kier molecular flexibility index (Phi) is 6.31. The van der Waals surface area contributed by atoms with Crippen LogP contribution in [0.25, 0.3) is 17.2 Å². The molecular formula is C26H24FNO5. The summed E-state index contributed by atoms with van der Waals surface area (Å²) in [6, 6.07) is 8.10. The summed E-state index contributed by atoms with van der Waals surface area (Å²) in [5.41, 5.74) is 5.24. The molecule has 0 atom stereocenters. The van der Waals surface area contributed by atoms with Gasteiger partial charge in [0.1, 0.15) is 17.4 Å². The highest BCUT2D eigenvalue weighted by Crippen LogP contribution is 2.45. The lowest BCUT2D eigenvalue weighted by atomic mass is 9.98. The lowest BCUT2D eigenvalue weighted by molar-refractivity contribution is -0.118. The van der Waals surface area contributed by atoms with Gasteiger partial charge >= 0.3 is 0 Å². The Balaban J connectivity index is 1.69. The van der Waals surface area contributed by atoms with E-state index >= 15 is 0 Å². The number of carbonyl (C=O) groups excluding carboxylic acids is 1. The van der Waals surface area contributed by atoms with Crippen molar-refractivity contribution in [1.82, 2.24) is 4.98 Å². The molecule has 0 aliphatic heterocycles. The molecule has 0 radical (unpaired) electrons. The quantitative estimate of drug-likeness (QED) is 0.492. The van der Waals surface area contributed by atoms with E-state index in [0.717, 1.165) is 33.4 Å². The number of phenolic OH excluding ortho intramolecular Hbond substituents is 1. The zero-order valence-electron chi connectivity index (χ0n) is 18.6. The Morgan fingerprint density at radius 2 is 1.88 bits per heavy atom. The fourth-order valence-electron chi connectivity index (χ4n) is 4.12. The Bertz CT molecular complexity index is 1230. The first kappa shape index (κ1) is 22.3. The average Bonchev–Trinajstić information content (AvgIpc) is 3.39. The number of ketones is 1. The zero-order valence-corrected chi connectivity index (χ0v) is 18.6. The van der Waals surface area contributed by atoms with Crippen LogP contribution in [-0.4, -0.2) is 30.1 Å². The van der Waals surface area contributed by atoms with Crippen LogP contribution in [-0.2, 0) is 11.2 Å². The number of Topliss-reactive ketones (excluding diaryl/α,β-unsaturated/α-hetero) is 1. The number of rotatable bonds is 8. The number of nitrogens with zero attached hydrogens (tertiary/aromatic N) is 1. The fourth-order valence-corrected chi connectivity index (χ4v) is 4.12. The highest BCUT2D eigenvalue weighted by molar-refractivity contribution is 6.05. The van der Waals surface area contributed by atoms with Crippen molar-refractivity contribution in [2.75, 3.05) is 14.2 Å². The summed E-state index contributed by atoms with van der Waals surface area (Å²) in [6.07, 6.45) is 5.74. The number of oxazole rings is 1. The molecule has 1 N–H and O–H groups in total. The van der Waals surface area contributed by atoms with E-state index in [2.05, 4.69) is 4.98 Å². The lowest BCUT2D eigenvalue weighted by Crippen LogP contribution is -2.02. The van der Waals surface area contributed by atoms with Gasteiger partial charge in [-0.3, -0.25) is 4.79 Å². The molecule has 170 valence electrons. The second-order valence-electron chi connectivity index (χ2n) is 7.81. The minimum atomic E-state index is -0.332. The van der Waals surface area contributed by atoms with Crippen molar-refractivity contribution in [2.45, 2.75) is 26.2 Å². The van der Waals surface area contributed by atoms with Crippen LogP contribution in [0.5, 0.6) is 17.2 Å². The summed E-state index contributed by atoms with van der Waals surface area (Å²) in [5, 5.41) is 10.2. The number of halogens is 1. The first-order valence-corrected chi connectivity index (χ1v) is 10.5.